The SMILES string of the molecule is CCN(CC)CCOc1ccc(Nc2cc3c(cn2)cc(C(C)C)c(=O)n3C)nc1. The summed E-state index contributed by atoms with van der Waals surface area (Å²) in [6, 6.07) is 7.56. The van der Waals surface area contributed by atoms with E-state index in [0.717, 1.165) is 41.9 Å². The van der Waals surface area contributed by atoms with E-state index in [2.05, 4.69) is 34.0 Å². The van der Waals surface area contributed by atoms with Crippen molar-refractivity contribution in [2.45, 2.75) is 33.6 Å². The monoisotopic (exact) mass is 409 g/mol. The number of pyridine rings is 3. The van der Waals surface area contributed by atoms with Crippen molar-refractivity contribution >= 4 is 22.5 Å². The minimum absolute atomic E-state index is 0.0268. The first-order valence-corrected chi connectivity index (χ1v) is 10.5. The fourth-order valence-corrected chi connectivity index (χ4v) is 3.37. The molecule has 0 amide bonds. The third-order valence-corrected chi connectivity index (χ3v) is 5.32. The van der Waals surface area contributed by atoms with E-state index >= 15 is 0 Å². The quantitative estimate of drug-likeness (QED) is 0.578. The summed E-state index contributed by atoms with van der Waals surface area (Å²) < 4.78 is 7.46. The highest BCUT2D eigenvalue weighted by Gasteiger charge is 2.11. The third-order valence-electron chi connectivity index (χ3n) is 5.32. The van der Waals surface area contributed by atoms with Crippen molar-refractivity contribution in [2.75, 3.05) is 31.6 Å². The number of ether oxygens (including phenoxy) is 1. The number of hydrogen-bond donors (Lipinski definition) is 1. The molecule has 0 aliphatic heterocycles. The molecular weight excluding hydrogens is 378 g/mol. The molecule has 160 valence electrons. The first-order valence-electron chi connectivity index (χ1n) is 10.5. The second-order valence-corrected chi connectivity index (χ2v) is 7.63. The Labute approximate surface area is 177 Å². The van der Waals surface area contributed by atoms with Gasteiger partial charge in [-0.05, 0) is 37.2 Å². The molecule has 0 unspecified atom stereocenters. The highest BCUT2D eigenvalue weighted by Crippen LogP contribution is 2.21. The van der Waals surface area contributed by atoms with Gasteiger partial charge in [-0.15, -0.1) is 0 Å². The predicted octanol–water partition coefficient (Wildman–Crippen LogP) is 3.92. The van der Waals surface area contributed by atoms with E-state index in [1.807, 2.05) is 38.1 Å². The summed E-state index contributed by atoms with van der Waals surface area (Å²) in [5.41, 5.74) is 1.66. The van der Waals surface area contributed by atoms with Gasteiger partial charge in [0.1, 0.15) is 24.0 Å². The maximum absolute atomic E-state index is 12.6. The van der Waals surface area contributed by atoms with Crippen molar-refractivity contribution in [3.05, 3.63) is 52.6 Å². The molecule has 0 atom stereocenters. The highest BCUT2D eigenvalue weighted by molar-refractivity contribution is 5.82. The standard InChI is InChI=1S/C23H31N5O2/c1-6-28(7-2)10-11-30-18-8-9-21(25-15-18)26-22-13-20-17(14-24-22)12-19(16(3)4)23(29)27(20)5/h8-9,12-16H,6-7,10-11H2,1-5H3,(H,24,25,26). The summed E-state index contributed by atoms with van der Waals surface area (Å²) in [6.45, 7) is 11.9. The number of likely N-dealkylation sites (N-methyl/N-ethyl adjacent to an activating group) is 1. The Kier molecular flexibility index (Phi) is 7.05. The van der Waals surface area contributed by atoms with E-state index in [1.165, 1.54) is 0 Å². The number of aryl methyl sites for hydroxylation is 1. The van der Waals surface area contributed by atoms with Crippen molar-refractivity contribution in [1.82, 2.24) is 19.4 Å². The zero-order valence-corrected chi connectivity index (χ0v) is 18.5. The summed E-state index contributed by atoms with van der Waals surface area (Å²) in [5.74, 6) is 2.21. The fraction of sp³-hybridized carbons (Fsp3) is 0.435. The van der Waals surface area contributed by atoms with E-state index in [4.69, 9.17) is 4.74 Å². The van der Waals surface area contributed by atoms with Crippen LogP contribution in [0.1, 0.15) is 39.2 Å². The van der Waals surface area contributed by atoms with Gasteiger partial charge in [0, 0.05) is 36.8 Å². The minimum atomic E-state index is 0.0268. The van der Waals surface area contributed by atoms with Gasteiger partial charge in [0.25, 0.3) is 5.56 Å². The molecule has 0 saturated heterocycles. The maximum atomic E-state index is 12.6. The summed E-state index contributed by atoms with van der Waals surface area (Å²) >= 11 is 0. The van der Waals surface area contributed by atoms with Crippen molar-refractivity contribution in [3.63, 3.8) is 0 Å². The van der Waals surface area contributed by atoms with Crippen molar-refractivity contribution in [3.8, 4) is 5.75 Å². The predicted molar refractivity (Wildman–Crippen MR) is 122 cm³/mol. The zero-order chi connectivity index (χ0) is 21.7. The molecule has 0 spiro atoms. The van der Waals surface area contributed by atoms with Crippen molar-refractivity contribution in [1.29, 1.82) is 0 Å². The molecule has 7 nitrogen and oxygen atoms in total. The van der Waals surface area contributed by atoms with Crippen LogP contribution in [0.3, 0.4) is 0 Å². The van der Waals surface area contributed by atoms with E-state index < -0.39 is 0 Å². The number of hydrogen-bond acceptors (Lipinski definition) is 6. The number of nitrogens with one attached hydrogen (secondary N) is 1. The molecule has 0 bridgehead atoms. The number of nitrogens with zero attached hydrogens (tertiary/aromatic N) is 4. The van der Waals surface area contributed by atoms with E-state index in [1.54, 1.807) is 24.0 Å². The molecule has 3 rings (SSSR count). The van der Waals surface area contributed by atoms with Gasteiger partial charge in [-0.2, -0.15) is 0 Å². The number of fused-ring (bicyclic) bond motifs is 1. The van der Waals surface area contributed by atoms with E-state index in [0.29, 0.717) is 18.2 Å². The van der Waals surface area contributed by atoms with Gasteiger partial charge < -0.3 is 19.5 Å². The van der Waals surface area contributed by atoms with Crippen molar-refractivity contribution < 1.29 is 4.74 Å². The van der Waals surface area contributed by atoms with Crippen molar-refractivity contribution in [2.24, 2.45) is 7.05 Å². The average Bonchev–Trinajstić information content (AvgIpc) is 2.75. The van der Waals surface area contributed by atoms with E-state index in [9.17, 15) is 4.79 Å². The molecule has 7 heteroatoms. The Balaban J connectivity index is 1.71. The normalized spacial score (nSPS) is 11.4. The first-order chi connectivity index (χ1) is 14.4. The van der Waals surface area contributed by atoms with Gasteiger partial charge in [0.15, 0.2) is 0 Å². The second-order valence-electron chi connectivity index (χ2n) is 7.63. The molecule has 0 saturated carbocycles. The smallest absolute Gasteiger partial charge is 0.254 e. The Morgan fingerprint density at radius 1 is 1.10 bits per heavy atom. The number of rotatable bonds is 9. The Morgan fingerprint density at radius 2 is 1.83 bits per heavy atom. The Morgan fingerprint density at radius 3 is 2.47 bits per heavy atom. The van der Waals surface area contributed by atoms with Gasteiger partial charge >= 0.3 is 0 Å². The van der Waals surface area contributed by atoms with Crippen LogP contribution in [-0.2, 0) is 7.05 Å². The van der Waals surface area contributed by atoms with E-state index in [-0.39, 0.29) is 11.5 Å². The lowest BCUT2D eigenvalue weighted by Gasteiger charge is -2.17. The molecular formula is C23H31N5O2. The zero-order valence-electron chi connectivity index (χ0n) is 18.5. The molecule has 0 aliphatic rings. The Hall–Kier alpha value is -2.93. The molecule has 0 radical (unpaired) electrons. The second kappa shape index (κ2) is 9.71. The van der Waals surface area contributed by atoms with Crippen LogP contribution < -0.4 is 15.6 Å². The molecule has 3 heterocycles. The number of anilines is 2. The van der Waals surface area contributed by atoms with Gasteiger partial charge in [-0.3, -0.25) is 4.79 Å². The maximum Gasteiger partial charge on any atom is 0.254 e. The average molecular weight is 410 g/mol. The molecule has 30 heavy (non-hydrogen) atoms. The lowest BCUT2D eigenvalue weighted by atomic mass is 10.0. The lowest BCUT2D eigenvalue weighted by Crippen LogP contribution is -2.27. The van der Waals surface area contributed by atoms with Crippen LogP contribution >= 0.6 is 0 Å². The van der Waals surface area contributed by atoms with Gasteiger partial charge in [0.05, 0.1) is 11.7 Å². The molecule has 1 N–H and O–H groups in total. The van der Waals surface area contributed by atoms with Gasteiger partial charge in [-0.25, -0.2) is 9.97 Å². The molecule has 0 aliphatic carbocycles. The summed E-state index contributed by atoms with van der Waals surface area (Å²) in [6.07, 6.45) is 3.49. The van der Waals surface area contributed by atoms with Crippen LogP contribution in [0, 0.1) is 0 Å². The third kappa shape index (κ3) is 4.97. The van der Waals surface area contributed by atoms with Crippen LogP contribution in [0.5, 0.6) is 5.75 Å². The minimum Gasteiger partial charge on any atom is -0.491 e. The highest BCUT2D eigenvalue weighted by atomic mass is 16.5. The summed E-state index contributed by atoms with van der Waals surface area (Å²) in [7, 11) is 1.79. The fourth-order valence-electron chi connectivity index (χ4n) is 3.37. The van der Waals surface area contributed by atoms with Gasteiger partial charge in [-0.1, -0.05) is 27.7 Å². The summed E-state index contributed by atoms with van der Waals surface area (Å²) in [5, 5.41) is 4.14. The lowest BCUT2D eigenvalue weighted by molar-refractivity contribution is 0.222. The Bertz CT molecular complexity index is 1040. The summed E-state index contributed by atoms with van der Waals surface area (Å²) in [4.78, 5) is 23.8. The molecule has 0 fully saturated rings. The van der Waals surface area contributed by atoms with Crippen LogP contribution in [0.4, 0.5) is 11.6 Å². The van der Waals surface area contributed by atoms with Gasteiger partial charge in [0.2, 0.25) is 0 Å². The molecule has 3 aromatic rings. The van der Waals surface area contributed by atoms with Crippen LogP contribution in [0.25, 0.3) is 10.9 Å². The van der Waals surface area contributed by atoms with Crippen LogP contribution in [-0.4, -0.2) is 45.7 Å². The molecule has 0 aromatic carbocycles. The number of aromatic nitrogens is 3. The molecule has 3 aromatic heterocycles. The van der Waals surface area contributed by atoms with Crippen LogP contribution in [0.2, 0.25) is 0 Å². The van der Waals surface area contributed by atoms with Crippen LogP contribution in [0.15, 0.2) is 41.5 Å². The largest absolute Gasteiger partial charge is 0.491 e. The topological polar surface area (TPSA) is 72.3 Å². The first kappa shape index (κ1) is 21.8.